The molecule has 1 aromatic rings. The van der Waals surface area contributed by atoms with Crippen molar-refractivity contribution in [3.63, 3.8) is 0 Å². The SMILES string of the molecule is CCCCCCOc1cnc(C(C)C)nc1CNC. The third-order valence-corrected chi connectivity index (χ3v) is 2.96. The van der Waals surface area contributed by atoms with Gasteiger partial charge >= 0.3 is 0 Å². The van der Waals surface area contributed by atoms with Gasteiger partial charge < -0.3 is 10.1 Å². The zero-order valence-corrected chi connectivity index (χ0v) is 12.7. The molecule has 0 saturated carbocycles. The highest BCUT2D eigenvalue weighted by molar-refractivity contribution is 5.25. The lowest BCUT2D eigenvalue weighted by Crippen LogP contribution is -2.12. The fourth-order valence-corrected chi connectivity index (χ4v) is 1.83. The molecule has 0 bridgehead atoms. The van der Waals surface area contributed by atoms with Gasteiger partial charge in [-0.15, -0.1) is 0 Å². The molecule has 19 heavy (non-hydrogen) atoms. The molecule has 0 radical (unpaired) electrons. The van der Waals surface area contributed by atoms with Gasteiger partial charge in [-0.3, -0.25) is 0 Å². The Balaban J connectivity index is 2.60. The Kier molecular flexibility index (Phi) is 7.41. The molecule has 0 atom stereocenters. The lowest BCUT2D eigenvalue weighted by atomic mass is 10.2. The van der Waals surface area contributed by atoms with Crippen LogP contribution in [0.15, 0.2) is 6.20 Å². The van der Waals surface area contributed by atoms with Gasteiger partial charge in [-0.2, -0.15) is 0 Å². The van der Waals surface area contributed by atoms with E-state index in [4.69, 9.17) is 4.74 Å². The summed E-state index contributed by atoms with van der Waals surface area (Å²) in [7, 11) is 1.92. The largest absolute Gasteiger partial charge is 0.490 e. The maximum absolute atomic E-state index is 5.81. The van der Waals surface area contributed by atoms with Crippen LogP contribution in [0, 0.1) is 0 Å². The molecule has 0 aromatic carbocycles. The van der Waals surface area contributed by atoms with Crippen LogP contribution >= 0.6 is 0 Å². The highest BCUT2D eigenvalue weighted by atomic mass is 16.5. The fourth-order valence-electron chi connectivity index (χ4n) is 1.83. The lowest BCUT2D eigenvalue weighted by molar-refractivity contribution is 0.298. The summed E-state index contributed by atoms with van der Waals surface area (Å²) < 4.78 is 5.81. The van der Waals surface area contributed by atoms with Crippen molar-refractivity contribution in [1.82, 2.24) is 15.3 Å². The maximum atomic E-state index is 5.81. The van der Waals surface area contributed by atoms with Gasteiger partial charge in [0.05, 0.1) is 18.5 Å². The van der Waals surface area contributed by atoms with Crippen molar-refractivity contribution < 1.29 is 4.74 Å². The van der Waals surface area contributed by atoms with Crippen molar-refractivity contribution in [1.29, 1.82) is 0 Å². The molecule has 1 rings (SSSR count). The van der Waals surface area contributed by atoms with Crippen LogP contribution in [0.2, 0.25) is 0 Å². The van der Waals surface area contributed by atoms with Crippen molar-refractivity contribution >= 4 is 0 Å². The van der Waals surface area contributed by atoms with Crippen LogP contribution in [-0.2, 0) is 6.54 Å². The number of ether oxygens (including phenoxy) is 1. The Morgan fingerprint density at radius 1 is 1.26 bits per heavy atom. The van der Waals surface area contributed by atoms with Crippen molar-refractivity contribution in [2.24, 2.45) is 0 Å². The molecule has 0 spiro atoms. The zero-order valence-electron chi connectivity index (χ0n) is 12.7. The van der Waals surface area contributed by atoms with Crippen molar-refractivity contribution in [3.05, 3.63) is 17.7 Å². The summed E-state index contributed by atoms with van der Waals surface area (Å²) in [4.78, 5) is 8.95. The molecule has 0 aliphatic rings. The molecule has 1 heterocycles. The number of unbranched alkanes of at least 4 members (excludes halogenated alkanes) is 3. The second kappa shape index (κ2) is 8.86. The smallest absolute Gasteiger partial charge is 0.160 e. The molecule has 1 aromatic heterocycles. The van der Waals surface area contributed by atoms with Gasteiger partial charge in [-0.05, 0) is 13.5 Å². The van der Waals surface area contributed by atoms with Gasteiger partial charge in [-0.1, -0.05) is 40.0 Å². The Hall–Kier alpha value is -1.16. The first kappa shape index (κ1) is 15.9. The number of rotatable bonds is 9. The van der Waals surface area contributed by atoms with E-state index in [1.807, 2.05) is 13.2 Å². The molecule has 0 saturated heterocycles. The predicted molar refractivity (Wildman–Crippen MR) is 78.5 cm³/mol. The van der Waals surface area contributed by atoms with Gasteiger partial charge in [-0.25, -0.2) is 9.97 Å². The van der Waals surface area contributed by atoms with E-state index in [2.05, 4.69) is 36.1 Å². The average molecular weight is 265 g/mol. The summed E-state index contributed by atoms with van der Waals surface area (Å²) >= 11 is 0. The number of aromatic nitrogens is 2. The van der Waals surface area contributed by atoms with Crippen LogP contribution in [-0.4, -0.2) is 23.6 Å². The Bertz CT molecular complexity index is 366. The summed E-state index contributed by atoms with van der Waals surface area (Å²) in [6.07, 6.45) is 6.66. The number of nitrogens with one attached hydrogen (secondary N) is 1. The fraction of sp³-hybridized carbons (Fsp3) is 0.733. The van der Waals surface area contributed by atoms with Gasteiger partial charge in [0.2, 0.25) is 0 Å². The van der Waals surface area contributed by atoms with E-state index in [9.17, 15) is 0 Å². The molecule has 0 aliphatic carbocycles. The second-order valence-corrected chi connectivity index (χ2v) is 5.13. The summed E-state index contributed by atoms with van der Waals surface area (Å²) in [5.41, 5.74) is 0.955. The minimum Gasteiger partial charge on any atom is -0.490 e. The van der Waals surface area contributed by atoms with Crippen LogP contribution in [0.3, 0.4) is 0 Å². The first-order chi connectivity index (χ1) is 9.19. The monoisotopic (exact) mass is 265 g/mol. The van der Waals surface area contributed by atoms with Gasteiger partial charge in [0, 0.05) is 12.5 Å². The van der Waals surface area contributed by atoms with E-state index in [1.54, 1.807) is 0 Å². The van der Waals surface area contributed by atoms with Gasteiger partial charge in [0.15, 0.2) is 5.75 Å². The highest BCUT2D eigenvalue weighted by Gasteiger charge is 2.10. The molecule has 0 fully saturated rings. The maximum Gasteiger partial charge on any atom is 0.160 e. The molecular weight excluding hydrogens is 238 g/mol. The van der Waals surface area contributed by atoms with Crippen molar-refractivity contribution in [2.75, 3.05) is 13.7 Å². The van der Waals surface area contributed by atoms with Crippen molar-refractivity contribution in [2.45, 2.75) is 58.9 Å². The van der Waals surface area contributed by atoms with E-state index < -0.39 is 0 Å². The normalized spacial score (nSPS) is 11.0. The molecule has 108 valence electrons. The molecule has 1 N–H and O–H groups in total. The van der Waals surface area contributed by atoms with E-state index in [-0.39, 0.29) is 0 Å². The summed E-state index contributed by atoms with van der Waals surface area (Å²) in [5, 5.41) is 3.13. The highest BCUT2D eigenvalue weighted by Crippen LogP contribution is 2.18. The Morgan fingerprint density at radius 3 is 2.68 bits per heavy atom. The van der Waals surface area contributed by atoms with Crippen LogP contribution < -0.4 is 10.1 Å². The first-order valence-electron chi connectivity index (χ1n) is 7.32. The van der Waals surface area contributed by atoms with Crippen LogP contribution in [0.1, 0.15) is 63.9 Å². The minimum atomic E-state index is 0.342. The van der Waals surface area contributed by atoms with E-state index in [1.165, 1.54) is 19.3 Å². The number of hydrogen-bond acceptors (Lipinski definition) is 4. The molecule has 4 nitrogen and oxygen atoms in total. The summed E-state index contributed by atoms with van der Waals surface area (Å²) in [6, 6.07) is 0. The predicted octanol–water partition coefficient (Wildman–Crippen LogP) is 3.28. The quantitative estimate of drug-likeness (QED) is 0.696. The lowest BCUT2D eigenvalue weighted by Gasteiger charge is -2.12. The molecule has 0 aliphatic heterocycles. The number of nitrogens with zero attached hydrogens (tertiary/aromatic N) is 2. The molecular formula is C15H27N3O. The third-order valence-electron chi connectivity index (χ3n) is 2.96. The molecule has 0 amide bonds. The van der Waals surface area contributed by atoms with Crippen molar-refractivity contribution in [3.8, 4) is 5.75 Å². The molecule has 0 unspecified atom stereocenters. The van der Waals surface area contributed by atoms with Gasteiger partial charge in [0.1, 0.15) is 5.82 Å². The number of hydrogen-bond donors (Lipinski definition) is 1. The average Bonchev–Trinajstić information content (AvgIpc) is 2.40. The summed E-state index contributed by atoms with van der Waals surface area (Å²) in [6.45, 7) is 7.88. The third kappa shape index (κ3) is 5.55. The Morgan fingerprint density at radius 2 is 2.05 bits per heavy atom. The van der Waals surface area contributed by atoms with E-state index in [0.29, 0.717) is 12.5 Å². The summed E-state index contributed by atoms with van der Waals surface area (Å²) in [5.74, 6) is 2.04. The second-order valence-electron chi connectivity index (χ2n) is 5.13. The van der Waals surface area contributed by atoms with E-state index >= 15 is 0 Å². The zero-order chi connectivity index (χ0) is 14.1. The van der Waals surface area contributed by atoms with Gasteiger partial charge in [0.25, 0.3) is 0 Å². The van der Waals surface area contributed by atoms with Crippen LogP contribution in [0.4, 0.5) is 0 Å². The van der Waals surface area contributed by atoms with E-state index in [0.717, 1.165) is 30.3 Å². The standard InChI is InChI=1S/C15H27N3O/c1-5-6-7-8-9-19-14-11-17-15(12(2)3)18-13(14)10-16-4/h11-12,16H,5-10H2,1-4H3. The van der Waals surface area contributed by atoms with Crippen LogP contribution in [0.5, 0.6) is 5.75 Å². The first-order valence-corrected chi connectivity index (χ1v) is 7.32. The Labute approximate surface area is 117 Å². The van der Waals surface area contributed by atoms with Crippen LogP contribution in [0.25, 0.3) is 0 Å². The minimum absolute atomic E-state index is 0.342. The molecule has 4 heteroatoms. The topological polar surface area (TPSA) is 47.0 Å².